The topological polar surface area (TPSA) is 115 Å². The molecule has 0 aliphatic carbocycles. The third kappa shape index (κ3) is 4.07. The molecule has 2 aromatic heterocycles. The minimum absolute atomic E-state index is 0.100. The number of fused-ring (bicyclic) bond motifs is 1. The fourth-order valence-electron chi connectivity index (χ4n) is 3.07. The SMILES string of the molecule is Cc1c(C(=O)O)sc2nc(Cc3cccc(Cl)c3)n(CCCC(N)=O)c(=O)c12. The molecular weight excluding hydrogens is 402 g/mol. The standard InChI is InChI=1S/C19H18ClN3O4S/c1-10-15-17(28-16(10)19(26)27)22-14(9-11-4-2-5-12(20)8-11)23(18(15)25)7-3-6-13(21)24/h2,4-5,8H,3,6-7,9H2,1H3,(H2,21,24)(H,26,27). The summed E-state index contributed by atoms with van der Waals surface area (Å²) in [5.74, 6) is -1.04. The van der Waals surface area contributed by atoms with Gasteiger partial charge in [-0.1, -0.05) is 23.7 Å². The highest BCUT2D eigenvalue weighted by molar-refractivity contribution is 7.20. The molecule has 0 atom stereocenters. The van der Waals surface area contributed by atoms with Crippen LogP contribution in [-0.4, -0.2) is 26.5 Å². The molecule has 0 bridgehead atoms. The van der Waals surface area contributed by atoms with Crippen LogP contribution in [-0.2, 0) is 17.8 Å². The summed E-state index contributed by atoms with van der Waals surface area (Å²) in [6.45, 7) is 1.87. The number of carboxylic acids is 1. The Hall–Kier alpha value is -2.71. The van der Waals surface area contributed by atoms with Crippen LogP contribution >= 0.6 is 22.9 Å². The summed E-state index contributed by atoms with van der Waals surface area (Å²) in [6.07, 6.45) is 0.881. The predicted molar refractivity (Wildman–Crippen MR) is 108 cm³/mol. The first-order valence-electron chi connectivity index (χ1n) is 8.56. The number of aryl methyl sites for hydroxylation is 1. The Morgan fingerprint density at radius 3 is 2.75 bits per heavy atom. The number of amides is 1. The van der Waals surface area contributed by atoms with Gasteiger partial charge < -0.3 is 10.8 Å². The van der Waals surface area contributed by atoms with Crippen molar-refractivity contribution in [3.05, 3.63) is 61.5 Å². The first-order valence-corrected chi connectivity index (χ1v) is 9.76. The van der Waals surface area contributed by atoms with E-state index in [-0.39, 0.29) is 23.4 Å². The van der Waals surface area contributed by atoms with Gasteiger partial charge in [0.1, 0.15) is 15.5 Å². The third-order valence-electron chi connectivity index (χ3n) is 4.38. The summed E-state index contributed by atoms with van der Waals surface area (Å²) < 4.78 is 1.50. The number of aromatic carboxylic acids is 1. The molecule has 3 rings (SSSR count). The van der Waals surface area contributed by atoms with Gasteiger partial charge in [-0.15, -0.1) is 11.3 Å². The molecule has 0 unspecified atom stereocenters. The lowest BCUT2D eigenvalue weighted by Crippen LogP contribution is -2.26. The van der Waals surface area contributed by atoms with Crippen molar-refractivity contribution in [3.63, 3.8) is 0 Å². The van der Waals surface area contributed by atoms with Crippen molar-refractivity contribution >= 4 is 45.0 Å². The van der Waals surface area contributed by atoms with E-state index in [0.29, 0.717) is 39.5 Å². The Labute approximate surface area is 169 Å². The lowest BCUT2D eigenvalue weighted by atomic mass is 10.1. The van der Waals surface area contributed by atoms with Crippen molar-refractivity contribution in [2.75, 3.05) is 0 Å². The Morgan fingerprint density at radius 1 is 1.36 bits per heavy atom. The van der Waals surface area contributed by atoms with E-state index in [2.05, 4.69) is 4.98 Å². The lowest BCUT2D eigenvalue weighted by Gasteiger charge is -2.12. The van der Waals surface area contributed by atoms with Gasteiger partial charge >= 0.3 is 5.97 Å². The van der Waals surface area contributed by atoms with Crippen LogP contribution in [0.3, 0.4) is 0 Å². The molecule has 146 valence electrons. The Kier molecular flexibility index (Phi) is 5.81. The maximum atomic E-state index is 13.1. The van der Waals surface area contributed by atoms with Crippen molar-refractivity contribution < 1.29 is 14.7 Å². The number of hydrogen-bond acceptors (Lipinski definition) is 5. The van der Waals surface area contributed by atoms with Crippen LogP contribution in [0.5, 0.6) is 0 Å². The van der Waals surface area contributed by atoms with E-state index in [0.717, 1.165) is 16.9 Å². The van der Waals surface area contributed by atoms with Crippen molar-refractivity contribution in [1.82, 2.24) is 9.55 Å². The van der Waals surface area contributed by atoms with Gasteiger partial charge in [0.2, 0.25) is 5.91 Å². The van der Waals surface area contributed by atoms with Crippen molar-refractivity contribution in [1.29, 1.82) is 0 Å². The zero-order valence-electron chi connectivity index (χ0n) is 15.1. The van der Waals surface area contributed by atoms with Crippen LogP contribution in [0, 0.1) is 6.92 Å². The molecule has 9 heteroatoms. The average molecular weight is 420 g/mol. The molecule has 3 aromatic rings. The van der Waals surface area contributed by atoms with Gasteiger partial charge in [-0.3, -0.25) is 14.2 Å². The van der Waals surface area contributed by atoms with Gasteiger partial charge in [0.15, 0.2) is 0 Å². The maximum Gasteiger partial charge on any atom is 0.346 e. The van der Waals surface area contributed by atoms with E-state index < -0.39 is 11.9 Å². The zero-order valence-corrected chi connectivity index (χ0v) is 16.6. The first kappa shape index (κ1) is 20.0. The second-order valence-corrected chi connectivity index (χ2v) is 7.84. The minimum atomic E-state index is -1.09. The molecule has 2 heterocycles. The number of hydrogen-bond donors (Lipinski definition) is 2. The number of nitrogens with zero attached hydrogens (tertiary/aromatic N) is 2. The lowest BCUT2D eigenvalue weighted by molar-refractivity contribution is -0.118. The maximum absolute atomic E-state index is 13.1. The summed E-state index contributed by atoms with van der Waals surface area (Å²) in [6, 6.07) is 7.22. The zero-order chi connectivity index (χ0) is 20.4. The van der Waals surface area contributed by atoms with E-state index in [1.807, 2.05) is 12.1 Å². The van der Waals surface area contributed by atoms with Crippen LogP contribution < -0.4 is 11.3 Å². The minimum Gasteiger partial charge on any atom is -0.477 e. The number of nitrogens with two attached hydrogens (primary N) is 1. The molecule has 28 heavy (non-hydrogen) atoms. The molecule has 7 nitrogen and oxygen atoms in total. The Balaban J connectivity index is 2.14. The molecule has 0 radical (unpaired) electrons. The number of halogens is 1. The number of carbonyl (C=O) groups is 2. The van der Waals surface area contributed by atoms with Crippen LogP contribution in [0.15, 0.2) is 29.1 Å². The molecule has 0 aliphatic heterocycles. The monoisotopic (exact) mass is 419 g/mol. The highest BCUT2D eigenvalue weighted by Crippen LogP contribution is 2.28. The molecule has 0 aliphatic rings. The summed E-state index contributed by atoms with van der Waals surface area (Å²) in [7, 11) is 0. The van der Waals surface area contributed by atoms with E-state index in [1.54, 1.807) is 19.1 Å². The molecule has 0 saturated heterocycles. The highest BCUT2D eigenvalue weighted by atomic mass is 35.5. The highest BCUT2D eigenvalue weighted by Gasteiger charge is 2.21. The number of carboxylic acid groups (broad SMARTS) is 1. The van der Waals surface area contributed by atoms with E-state index >= 15 is 0 Å². The van der Waals surface area contributed by atoms with Gasteiger partial charge in [0.05, 0.1) is 5.39 Å². The number of carbonyl (C=O) groups excluding carboxylic acids is 1. The molecular formula is C19H18ClN3O4S. The molecule has 1 aromatic carbocycles. The molecule has 1 amide bonds. The van der Waals surface area contributed by atoms with Crippen LogP contribution in [0.2, 0.25) is 5.02 Å². The second kappa shape index (κ2) is 8.12. The quantitative estimate of drug-likeness (QED) is 0.610. The van der Waals surface area contributed by atoms with Crippen molar-refractivity contribution in [2.24, 2.45) is 5.73 Å². The van der Waals surface area contributed by atoms with Gasteiger partial charge in [-0.2, -0.15) is 0 Å². The number of aromatic nitrogens is 2. The Morgan fingerprint density at radius 2 is 2.11 bits per heavy atom. The summed E-state index contributed by atoms with van der Waals surface area (Å²) in [5, 5.41) is 10.2. The smallest absolute Gasteiger partial charge is 0.346 e. The fourth-order valence-corrected chi connectivity index (χ4v) is 4.31. The van der Waals surface area contributed by atoms with Gasteiger partial charge in [0.25, 0.3) is 5.56 Å². The molecule has 0 saturated carbocycles. The number of benzene rings is 1. The fraction of sp³-hybridized carbons (Fsp3) is 0.263. The summed E-state index contributed by atoms with van der Waals surface area (Å²) in [5.41, 5.74) is 6.17. The average Bonchev–Trinajstić information content (AvgIpc) is 2.94. The summed E-state index contributed by atoms with van der Waals surface area (Å²) in [4.78, 5) is 40.7. The molecule has 0 spiro atoms. The van der Waals surface area contributed by atoms with E-state index in [1.165, 1.54) is 4.57 Å². The van der Waals surface area contributed by atoms with Crippen LogP contribution in [0.4, 0.5) is 0 Å². The van der Waals surface area contributed by atoms with Crippen molar-refractivity contribution in [2.45, 2.75) is 32.7 Å². The number of primary amides is 1. The van der Waals surface area contributed by atoms with Crippen molar-refractivity contribution in [3.8, 4) is 0 Å². The van der Waals surface area contributed by atoms with Gasteiger partial charge in [-0.25, -0.2) is 9.78 Å². The van der Waals surface area contributed by atoms with E-state index in [9.17, 15) is 19.5 Å². The van der Waals surface area contributed by atoms with Crippen LogP contribution in [0.25, 0.3) is 10.2 Å². The second-order valence-electron chi connectivity index (χ2n) is 6.40. The Bertz CT molecular complexity index is 1140. The van der Waals surface area contributed by atoms with Gasteiger partial charge in [-0.05, 0) is 36.6 Å². The number of thiophene rings is 1. The molecule has 3 N–H and O–H groups in total. The predicted octanol–water partition coefficient (Wildman–Crippen LogP) is 2.97. The van der Waals surface area contributed by atoms with E-state index in [4.69, 9.17) is 17.3 Å². The third-order valence-corrected chi connectivity index (χ3v) is 5.79. The largest absolute Gasteiger partial charge is 0.477 e. The molecule has 0 fully saturated rings. The van der Waals surface area contributed by atoms with Crippen LogP contribution in [0.1, 0.15) is 39.5 Å². The first-order chi connectivity index (χ1) is 13.3. The van der Waals surface area contributed by atoms with Gasteiger partial charge in [0, 0.05) is 24.4 Å². The number of rotatable bonds is 7. The summed E-state index contributed by atoms with van der Waals surface area (Å²) >= 11 is 7.04. The normalized spacial score (nSPS) is 11.1.